The molecule has 152 valence electrons. The molecule has 4 N–H and O–H groups in total. The first-order valence-corrected chi connectivity index (χ1v) is 9.88. The van der Waals surface area contributed by atoms with Gasteiger partial charge in [0, 0.05) is 30.2 Å². The van der Waals surface area contributed by atoms with Crippen LogP contribution in [0.15, 0.2) is 24.5 Å². The number of hydrogen-bond donors (Lipinski definition) is 4. The fraction of sp³-hybridized carbons (Fsp3) is 0.450. The van der Waals surface area contributed by atoms with Crippen LogP contribution in [0.4, 0.5) is 17.5 Å². The lowest BCUT2D eigenvalue weighted by Crippen LogP contribution is -2.40. The Hall–Kier alpha value is -2.91. The van der Waals surface area contributed by atoms with Gasteiger partial charge in [0.2, 0.25) is 0 Å². The van der Waals surface area contributed by atoms with Crippen molar-refractivity contribution in [3.8, 4) is 0 Å². The molecule has 4 heterocycles. The molecule has 0 unspecified atom stereocenters. The van der Waals surface area contributed by atoms with Crippen LogP contribution in [0, 0.1) is 0 Å². The summed E-state index contributed by atoms with van der Waals surface area (Å²) in [6.07, 6.45) is 4.63. The maximum atomic E-state index is 10.9. The molecule has 0 bridgehead atoms. The Morgan fingerprint density at radius 3 is 2.62 bits per heavy atom. The third-order valence-electron chi connectivity index (χ3n) is 5.24. The summed E-state index contributed by atoms with van der Waals surface area (Å²) >= 11 is 0. The average molecular weight is 394 g/mol. The highest BCUT2D eigenvalue weighted by Crippen LogP contribution is 2.30. The summed E-state index contributed by atoms with van der Waals surface area (Å²) in [5.74, 6) is 2.61. The van der Waals surface area contributed by atoms with Crippen LogP contribution in [0.3, 0.4) is 0 Å². The lowest BCUT2D eigenvalue weighted by molar-refractivity contribution is -0.00239. The van der Waals surface area contributed by atoms with Gasteiger partial charge < -0.3 is 21.1 Å². The van der Waals surface area contributed by atoms with Gasteiger partial charge in [-0.2, -0.15) is 5.10 Å². The molecule has 1 saturated heterocycles. The Morgan fingerprint density at radius 2 is 1.90 bits per heavy atom. The molecule has 1 aliphatic rings. The zero-order chi connectivity index (χ0) is 20.4. The summed E-state index contributed by atoms with van der Waals surface area (Å²) in [6.45, 7) is 5.67. The molecule has 0 spiro atoms. The predicted octanol–water partition coefficient (Wildman–Crippen LogP) is 2.29. The second-order valence-electron chi connectivity index (χ2n) is 7.63. The largest absolute Gasteiger partial charge is 0.382 e. The van der Waals surface area contributed by atoms with E-state index in [0.29, 0.717) is 36.1 Å². The van der Waals surface area contributed by atoms with E-state index in [4.69, 9.17) is 0 Å². The van der Waals surface area contributed by atoms with Crippen molar-refractivity contribution in [1.82, 2.24) is 30.5 Å². The van der Waals surface area contributed by atoms with Crippen LogP contribution in [0.2, 0.25) is 0 Å². The van der Waals surface area contributed by atoms with E-state index < -0.39 is 5.60 Å². The maximum Gasteiger partial charge on any atom is 0.162 e. The smallest absolute Gasteiger partial charge is 0.162 e. The molecule has 29 heavy (non-hydrogen) atoms. The summed E-state index contributed by atoms with van der Waals surface area (Å²) in [5.41, 5.74) is -0.0844. The summed E-state index contributed by atoms with van der Waals surface area (Å²) in [5, 5.41) is 31.0. The molecule has 0 amide bonds. The first-order valence-electron chi connectivity index (χ1n) is 9.88. The molecule has 9 heteroatoms. The average Bonchev–Trinajstić information content (AvgIpc) is 2.73. The highest BCUT2D eigenvalue weighted by atomic mass is 16.3. The van der Waals surface area contributed by atoms with Crippen LogP contribution in [0.25, 0.3) is 10.8 Å². The Labute approximate surface area is 169 Å². The molecule has 1 aliphatic heterocycles. The van der Waals surface area contributed by atoms with Gasteiger partial charge in [-0.1, -0.05) is 13.8 Å². The Kier molecular flexibility index (Phi) is 5.25. The van der Waals surface area contributed by atoms with Crippen LogP contribution >= 0.6 is 0 Å². The molecule has 9 nitrogen and oxygen atoms in total. The quantitative estimate of drug-likeness (QED) is 0.516. The van der Waals surface area contributed by atoms with E-state index >= 15 is 0 Å². The minimum atomic E-state index is -0.998. The minimum absolute atomic E-state index is 0.228. The van der Waals surface area contributed by atoms with Crippen LogP contribution in [-0.2, 0) is 5.60 Å². The van der Waals surface area contributed by atoms with Crippen LogP contribution < -0.4 is 16.0 Å². The van der Waals surface area contributed by atoms with Crippen LogP contribution in [0.5, 0.6) is 0 Å². The molecular weight excluding hydrogens is 368 g/mol. The molecule has 1 fully saturated rings. The minimum Gasteiger partial charge on any atom is -0.382 e. The molecule has 0 aromatic carbocycles. The third-order valence-corrected chi connectivity index (χ3v) is 5.24. The van der Waals surface area contributed by atoms with E-state index in [1.54, 1.807) is 18.5 Å². The number of piperidine rings is 1. The number of pyridine rings is 1. The van der Waals surface area contributed by atoms with Crippen molar-refractivity contribution in [2.24, 2.45) is 0 Å². The van der Waals surface area contributed by atoms with Crippen molar-refractivity contribution in [3.63, 3.8) is 0 Å². The fourth-order valence-electron chi connectivity index (χ4n) is 3.59. The van der Waals surface area contributed by atoms with Gasteiger partial charge in [-0.15, -0.1) is 5.10 Å². The third kappa shape index (κ3) is 3.83. The Morgan fingerprint density at radius 1 is 1.10 bits per heavy atom. The van der Waals surface area contributed by atoms with Crippen molar-refractivity contribution >= 4 is 28.2 Å². The van der Waals surface area contributed by atoms with Crippen LogP contribution in [-0.4, -0.2) is 50.4 Å². The number of aliphatic hydroxyl groups is 1. The first kappa shape index (κ1) is 19.4. The second kappa shape index (κ2) is 7.84. The molecule has 0 atom stereocenters. The number of anilines is 3. The van der Waals surface area contributed by atoms with E-state index in [1.165, 1.54) is 0 Å². The van der Waals surface area contributed by atoms with Gasteiger partial charge in [-0.25, -0.2) is 15.0 Å². The van der Waals surface area contributed by atoms with Gasteiger partial charge in [-0.05, 0) is 44.0 Å². The van der Waals surface area contributed by atoms with Gasteiger partial charge in [-0.3, -0.25) is 0 Å². The monoisotopic (exact) mass is 394 g/mol. The number of hydrogen-bond acceptors (Lipinski definition) is 9. The number of rotatable bonds is 5. The SMILES string of the molecule is CNc1nnc(C(C)C)c2cc(Nc3ccnc(C4(O)CCNCC4)n3)ncc12. The van der Waals surface area contributed by atoms with Gasteiger partial charge >= 0.3 is 0 Å². The van der Waals surface area contributed by atoms with E-state index in [0.717, 1.165) is 29.6 Å². The van der Waals surface area contributed by atoms with Crippen molar-refractivity contribution in [3.05, 3.63) is 36.0 Å². The van der Waals surface area contributed by atoms with Crippen molar-refractivity contribution < 1.29 is 5.11 Å². The van der Waals surface area contributed by atoms with E-state index in [1.807, 2.05) is 13.1 Å². The fourth-order valence-corrected chi connectivity index (χ4v) is 3.59. The zero-order valence-corrected chi connectivity index (χ0v) is 16.9. The van der Waals surface area contributed by atoms with Crippen molar-refractivity contribution in [2.75, 3.05) is 30.8 Å². The molecule has 0 aliphatic carbocycles. The number of fused-ring (bicyclic) bond motifs is 1. The molecule has 3 aromatic rings. The standard InChI is InChI=1S/C20H26N8O/c1-12(2)17-13-10-16(24-11-14(13)18(21-3)28-27-17)25-15-4-7-23-19(26-15)20(29)5-8-22-9-6-20/h4,7,10-12,22,29H,5-6,8-9H2,1-3H3,(H,21,28)(H,23,24,25,26). The maximum absolute atomic E-state index is 10.9. The van der Waals surface area contributed by atoms with Gasteiger partial charge in [0.25, 0.3) is 0 Å². The highest BCUT2D eigenvalue weighted by molar-refractivity contribution is 5.94. The van der Waals surface area contributed by atoms with Crippen molar-refractivity contribution in [2.45, 2.75) is 38.2 Å². The van der Waals surface area contributed by atoms with E-state index in [9.17, 15) is 5.11 Å². The molecule has 3 aromatic heterocycles. The normalized spacial score (nSPS) is 16.2. The van der Waals surface area contributed by atoms with Crippen molar-refractivity contribution in [1.29, 1.82) is 0 Å². The summed E-state index contributed by atoms with van der Waals surface area (Å²) in [6, 6.07) is 3.73. The first-order chi connectivity index (χ1) is 14.0. The predicted molar refractivity (Wildman–Crippen MR) is 112 cm³/mol. The molecule has 0 radical (unpaired) electrons. The molecule has 0 saturated carbocycles. The van der Waals surface area contributed by atoms with Gasteiger partial charge in [0.05, 0.1) is 5.69 Å². The summed E-state index contributed by atoms with van der Waals surface area (Å²) in [4.78, 5) is 13.4. The number of aromatic nitrogens is 5. The number of nitrogens with one attached hydrogen (secondary N) is 3. The van der Waals surface area contributed by atoms with Gasteiger partial charge in [0.15, 0.2) is 11.6 Å². The summed E-state index contributed by atoms with van der Waals surface area (Å²) in [7, 11) is 1.82. The zero-order valence-electron chi connectivity index (χ0n) is 16.9. The van der Waals surface area contributed by atoms with Crippen LogP contribution in [0.1, 0.15) is 44.1 Å². The Balaban J connectivity index is 1.68. The van der Waals surface area contributed by atoms with Gasteiger partial charge in [0.1, 0.15) is 17.2 Å². The lowest BCUT2D eigenvalue weighted by Gasteiger charge is -2.31. The molecule has 4 rings (SSSR count). The topological polar surface area (TPSA) is 121 Å². The highest BCUT2D eigenvalue weighted by Gasteiger charge is 2.34. The summed E-state index contributed by atoms with van der Waals surface area (Å²) < 4.78 is 0. The van der Waals surface area contributed by atoms with E-state index in [-0.39, 0.29) is 5.92 Å². The lowest BCUT2D eigenvalue weighted by atomic mass is 9.91. The number of nitrogens with zero attached hydrogens (tertiary/aromatic N) is 5. The molecular formula is C20H26N8O. The Bertz CT molecular complexity index is 1020. The second-order valence-corrected chi connectivity index (χ2v) is 7.63. The van der Waals surface area contributed by atoms with E-state index in [2.05, 4.69) is 54.9 Å².